The van der Waals surface area contributed by atoms with Gasteiger partial charge in [0.1, 0.15) is 0 Å². The van der Waals surface area contributed by atoms with Crippen molar-refractivity contribution < 1.29 is 4.79 Å². The van der Waals surface area contributed by atoms with Gasteiger partial charge in [-0.05, 0) is 47.6 Å². The molecule has 1 heterocycles. The zero-order chi connectivity index (χ0) is 14.8. The van der Waals surface area contributed by atoms with Crippen molar-refractivity contribution in [3.05, 3.63) is 54.1 Å². The normalized spacial score (nSPS) is 17.4. The molecule has 0 N–H and O–H groups in total. The Labute approximate surface area is 126 Å². The van der Waals surface area contributed by atoms with Gasteiger partial charge in [-0.25, -0.2) is 0 Å². The maximum absolute atomic E-state index is 11.8. The van der Waals surface area contributed by atoms with E-state index in [-0.39, 0.29) is 5.91 Å². The summed E-state index contributed by atoms with van der Waals surface area (Å²) in [6.45, 7) is 4.72. The summed E-state index contributed by atoms with van der Waals surface area (Å²) < 4.78 is 0. The molecule has 1 atom stereocenters. The van der Waals surface area contributed by atoms with Gasteiger partial charge in [-0.15, -0.1) is 0 Å². The third-order valence-electron chi connectivity index (χ3n) is 4.44. The maximum atomic E-state index is 11.8. The second kappa shape index (κ2) is 5.72. The molecule has 0 saturated carbocycles. The zero-order valence-electron chi connectivity index (χ0n) is 12.7. The van der Waals surface area contributed by atoms with E-state index in [1.54, 1.807) is 6.92 Å². The molecule has 1 aliphatic rings. The predicted octanol–water partition coefficient (Wildman–Crippen LogP) is 4.60. The van der Waals surface area contributed by atoms with Crippen molar-refractivity contribution in [2.24, 2.45) is 0 Å². The van der Waals surface area contributed by atoms with Crippen molar-refractivity contribution in [3.63, 3.8) is 0 Å². The lowest BCUT2D eigenvalue weighted by Gasteiger charge is -2.34. The number of carbonyl (C=O) groups is 1. The number of benzene rings is 2. The third-order valence-corrected chi connectivity index (χ3v) is 4.44. The summed E-state index contributed by atoms with van der Waals surface area (Å²) in [4.78, 5) is 13.8. The molecule has 1 unspecified atom stereocenters. The lowest BCUT2D eigenvalue weighted by molar-refractivity contribution is -0.116. The molecule has 0 bridgehead atoms. The van der Waals surface area contributed by atoms with Crippen LogP contribution in [0.3, 0.4) is 0 Å². The van der Waals surface area contributed by atoms with Gasteiger partial charge < -0.3 is 4.90 Å². The monoisotopic (exact) mass is 279 g/mol. The number of nitrogens with zero attached hydrogens (tertiary/aromatic N) is 1. The molecular weight excluding hydrogens is 258 g/mol. The van der Waals surface area contributed by atoms with E-state index in [2.05, 4.69) is 49.4 Å². The first kappa shape index (κ1) is 13.9. The lowest BCUT2D eigenvalue weighted by atomic mass is 9.86. The van der Waals surface area contributed by atoms with Crippen LogP contribution in [0, 0.1) is 0 Å². The van der Waals surface area contributed by atoms with E-state index in [0.29, 0.717) is 5.92 Å². The molecule has 21 heavy (non-hydrogen) atoms. The summed E-state index contributed by atoms with van der Waals surface area (Å²) in [5.41, 5.74) is 4.88. The average molecular weight is 279 g/mol. The van der Waals surface area contributed by atoms with Gasteiger partial charge in [-0.2, -0.15) is 0 Å². The number of fused-ring (bicyclic) bond motifs is 1. The molecule has 0 saturated heterocycles. The first-order valence-corrected chi connectivity index (χ1v) is 7.68. The number of rotatable bonds is 2. The summed E-state index contributed by atoms with van der Waals surface area (Å²) in [5.74, 6) is 0.692. The Morgan fingerprint density at radius 3 is 2.57 bits per heavy atom. The fourth-order valence-corrected chi connectivity index (χ4v) is 3.25. The molecule has 2 aromatic rings. The van der Waals surface area contributed by atoms with Gasteiger partial charge in [-0.3, -0.25) is 4.79 Å². The van der Waals surface area contributed by atoms with Crippen molar-refractivity contribution in [3.8, 4) is 11.1 Å². The van der Waals surface area contributed by atoms with Crippen molar-refractivity contribution in [2.75, 3.05) is 11.4 Å². The van der Waals surface area contributed by atoms with Crippen LogP contribution in [-0.2, 0) is 4.79 Å². The van der Waals surface area contributed by atoms with Crippen LogP contribution in [0.25, 0.3) is 11.1 Å². The van der Waals surface area contributed by atoms with Gasteiger partial charge in [0, 0.05) is 19.2 Å². The Morgan fingerprint density at radius 2 is 1.90 bits per heavy atom. The molecule has 2 aromatic carbocycles. The summed E-state index contributed by atoms with van der Waals surface area (Å²) in [6.07, 6.45) is 2.18. The molecule has 1 amide bonds. The van der Waals surface area contributed by atoms with Crippen LogP contribution in [0.1, 0.15) is 38.2 Å². The van der Waals surface area contributed by atoms with Gasteiger partial charge in [-0.1, -0.05) is 43.3 Å². The van der Waals surface area contributed by atoms with E-state index < -0.39 is 0 Å². The third kappa shape index (κ3) is 2.58. The van der Waals surface area contributed by atoms with Crippen LogP contribution < -0.4 is 4.90 Å². The Kier molecular flexibility index (Phi) is 3.78. The molecule has 0 fully saturated rings. The van der Waals surface area contributed by atoms with Gasteiger partial charge >= 0.3 is 0 Å². The molecule has 0 aromatic heterocycles. The second-order valence-corrected chi connectivity index (χ2v) is 5.70. The molecule has 1 aliphatic heterocycles. The molecule has 0 radical (unpaired) electrons. The highest BCUT2D eigenvalue weighted by Crippen LogP contribution is 2.39. The second-order valence-electron chi connectivity index (χ2n) is 5.70. The van der Waals surface area contributed by atoms with Crippen LogP contribution in [0.5, 0.6) is 0 Å². The summed E-state index contributed by atoms with van der Waals surface area (Å²) in [5, 5.41) is 0. The van der Waals surface area contributed by atoms with Crippen molar-refractivity contribution in [2.45, 2.75) is 32.6 Å². The molecule has 0 aliphatic carbocycles. The number of amides is 1. The fraction of sp³-hybridized carbons (Fsp3) is 0.316. The van der Waals surface area contributed by atoms with Crippen LogP contribution in [-0.4, -0.2) is 12.5 Å². The topological polar surface area (TPSA) is 20.3 Å². The minimum Gasteiger partial charge on any atom is -0.312 e. The lowest BCUT2D eigenvalue weighted by Crippen LogP contribution is -2.34. The van der Waals surface area contributed by atoms with Crippen LogP contribution in [0.2, 0.25) is 0 Å². The van der Waals surface area contributed by atoms with Crippen LogP contribution in [0.15, 0.2) is 48.5 Å². The minimum atomic E-state index is 0.137. The summed E-state index contributed by atoms with van der Waals surface area (Å²) in [6, 6.07) is 16.9. The van der Waals surface area contributed by atoms with E-state index in [0.717, 1.165) is 25.1 Å². The van der Waals surface area contributed by atoms with E-state index in [1.165, 1.54) is 16.7 Å². The highest BCUT2D eigenvalue weighted by molar-refractivity contribution is 5.93. The predicted molar refractivity (Wildman–Crippen MR) is 87.6 cm³/mol. The van der Waals surface area contributed by atoms with Gasteiger partial charge in [0.25, 0.3) is 0 Å². The van der Waals surface area contributed by atoms with Crippen LogP contribution >= 0.6 is 0 Å². The number of hydrogen-bond acceptors (Lipinski definition) is 1. The standard InChI is InChI=1S/C19H21NO/c1-3-15-11-12-20(14(2)21)19-10-9-17(13-18(15)19)16-7-5-4-6-8-16/h4-10,13,15H,3,11-12H2,1-2H3. The van der Waals surface area contributed by atoms with E-state index in [1.807, 2.05) is 11.0 Å². The molecular formula is C19H21NO. The number of anilines is 1. The van der Waals surface area contributed by atoms with Gasteiger partial charge in [0.15, 0.2) is 0 Å². The molecule has 3 rings (SSSR count). The van der Waals surface area contributed by atoms with Crippen LogP contribution in [0.4, 0.5) is 5.69 Å². The first-order valence-electron chi connectivity index (χ1n) is 7.68. The van der Waals surface area contributed by atoms with Crippen molar-refractivity contribution >= 4 is 11.6 Å². The summed E-state index contributed by atoms with van der Waals surface area (Å²) in [7, 11) is 0. The van der Waals surface area contributed by atoms with Gasteiger partial charge in [0.05, 0.1) is 0 Å². The smallest absolute Gasteiger partial charge is 0.223 e. The number of carbonyl (C=O) groups excluding carboxylic acids is 1. The Hall–Kier alpha value is -2.09. The highest BCUT2D eigenvalue weighted by atomic mass is 16.2. The summed E-state index contributed by atoms with van der Waals surface area (Å²) >= 11 is 0. The molecule has 2 heteroatoms. The molecule has 2 nitrogen and oxygen atoms in total. The van der Waals surface area contributed by atoms with Crippen molar-refractivity contribution in [1.82, 2.24) is 0 Å². The highest BCUT2D eigenvalue weighted by Gasteiger charge is 2.26. The fourth-order valence-electron chi connectivity index (χ4n) is 3.25. The largest absolute Gasteiger partial charge is 0.312 e. The zero-order valence-corrected chi connectivity index (χ0v) is 12.7. The van der Waals surface area contributed by atoms with E-state index in [4.69, 9.17) is 0 Å². The Balaban J connectivity index is 2.08. The Morgan fingerprint density at radius 1 is 1.14 bits per heavy atom. The SMILES string of the molecule is CCC1CCN(C(C)=O)c2ccc(-c3ccccc3)cc21. The number of hydrogen-bond donors (Lipinski definition) is 0. The molecule has 108 valence electrons. The van der Waals surface area contributed by atoms with Crippen molar-refractivity contribution in [1.29, 1.82) is 0 Å². The Bertz CT molecular complexity index is 648. The van der Waals surface area contributed by atoms with Gasteiger partial charge in [0.2, 0.25) is 5.91 Å². The first-order chi connectivity index (χ1) is 10.2. The minimum absolute atomic E-state index is 0.137. The maximum Gasteiger partial charge on any atom is 0.223 e. The quantitative estimate of drug-likeness (QED) is 0.786. The molecule has 0 spiro atoms. The average Bonchev–Trinajstić information content (AvgIpc) is 2.54. The van der Waals surface area contributed by atoms with E-state index >= 15 is 0 Å². The van der Waals surface area contributed by atoms with E-state index in [9.17, 15) is 4.79 Å².